The van der Waals surface area contributed by atoms with Crippen molar-refractivity contribution >= 4 is 28.4 Å². The van der Waals surface area contributed by atoms with Crippen LogP contribution in [0.2, 0.25) is 0 Å². The highest BCUT2D eigenvalue weighted by Crippen LogP contribution is 2.23. The van der Waals surface area contributed by atoms with Gasteiger partial charge in [-0.25, -0.2) is 4.52 Å². The standard InChI is InChI=1S/C21H24N4O4/c1-3-29-21(28)15-8-10-23(11-9-15)19(27)13-24-17-7-5-4-6-16(17)20-22-18(26)12-14(2)25(20)24/h4-7,12,15H,3,8-11,13H2,1-2H3. The monoisotopic (exact) mass is 396 g/mol. The molecule has 1 amide bonds. The van der Waals surface area contributed by atoms with Gasteiger partial charge in [0.25, 0.3) is 5.56 Å². The van der Waals surface area contributed by atoms with Crippen LogP contribution in [0.5, 0.6) is 0 Å². The average Bonchev–Trinajstić information content (AvgIpc) is 3.02. The molecule has 0 bridgehead atoms. The number of ether oxygens (including phenoxy) is 1. The van der Waals surface area contributed by atoms with Crippen molar-refractivity contribution in [3.8, 4) is 0 Å². The second kappa shape index (κ2) is 7.69. The molecule has 0 N–H and O–H groups in total. The number of piperidine rings is 1. The number of aromatic nitrogens is 3. The van der Waals surface area contributed by atoms with Crippen LogP contribution in [0.3, 0.4) is 0 Å². The van der Waals surface area contributed by atoms with Crippen LogP contribution in [-0.2, 0) is 20.9 Å². The normalized spacial score (nSPS) is 15.2. The van der Waals surface area contributed by atoms with Crippen molar-refractivity contribution in [1.82, 2.24) is 19.1 Å². The van der Waals surface area contributed by atoms with E-state index in [9.17, 15) is 14.4 Å². The smallest absolute Gasteiger partial charge is 0.309 e. The van der Waals surface area contributed by atoms with Crippen molar-refractivity contribution in [2.24, 2.45) is 5.92 Å². The Morgan fingerprint density at radius 3 is 2.66 bits per heavy atom. The van der Waals surface area contributed by atoms with Crippen LogP contribution in [0.4, 0.5) is 0 Å². The summed E-state index contributed by atoms with van der Waals surface area (Å²) in [5.74, 6) is -0.329. The zero-order chi connectivity index (χ0) is 20.5. The molecule has 3 heterocycles. The minimum absolute atomic E-state index is 0.0203. The van der Waals surface area contributed by atoms with Gasteiger partial charge in [-0.15, -0.1) is 0 Å². The Morgan fingerprint density at radius 2 is 1.93 bits per heavy atom. The first-order valence-electron chi connectivity index (χ1n) is 9.92. The molecule has 0 saturated carbocycles. The Bertz CT molecular complexity index is 1140. The van der Waals surface area contributed by atoms with Crippen LogP contribution < -0.4 is 5.56 Å². The molecule has 0 aliphatic carbocycles. The van der Waals surface area contributed by atoms with E-state index in [-0.39, 0.29) is 29.9 Å². The predicted octanol–water partition coefficient (Wildman–Crippen LogP) is 1.76. The Balaban J connectivity index is 1.60. The maximum absolute atomic E-state index is 13.0. The summed E-state index contributed by atoms with van der Waals surface area (Å²) < 4.78 is 8.80. The molecule has 1 fully saturated rings. The van der Waals surface area contributed by atoms with Crippen LogP contribution in [-0.4, -0.2) is 50.7 Å². The van der Waals surface area contributed by atoms with Crippen LogP contribution in [0.1, 0.15) is 25.5 Å². The number of hydrogen-bond acceptors (Lipinski definition) is 5. The Kier molecular flexibility index (Phi) is 5.08. The Labute approximate surface area is 167 Å². The van der Waals surface area contributed by atoms with E-state index in [1.807, 2.05) is 40.4 Å². The third-order valence-corrected chi connectivity index (χ3v) is 5.50. The lowest BCUT2D eigenvalue weighted by molar-refractivity contribution is -0.151. The molecule has 152 valence electrons. The summed E-state index contributed by atoms with van der Waals surface area (Å²) in [6.45, 7) is 5.21. The van der Waals surface area contributed by atoms with Gasteiger partial charge in [0, 0.05) is 30.2 Å². The van der Waals surface area contributed by atoms with Crippen molar-refractivity contribution < 1.29 is 14.3 Å². The van der Waals surface area contributed by atoms with E-state index in [0.29, 0.717) is 38.2 Å². The van der Waals surface area contributed by atoms with E-state index in [1.54, 1.807) is 11.8 Å². The maximum atomic E-state index is 13.0. The highest BCUT2D eigenvalue weighted by Gasteiger charge is 2.28. The number of esters is 1. The van der Waals surface area contributed by atoms with Gasteiger partial charge < -0.3 is 9.64 Å². The first kappa shape index (κ1) is 19.2. The van der Waals surface area contributed by atoms with Gasteiger partial charge in [-0.3, -0.25) is 19.1 Å². The van der Waals surface area contributed by atoms with Gasteiger partial charge in [-0.05, 0) is 38.8 Å². The van der Waals surface area contributed by atoms with Crippen molar-refractivity contribution in [2.75, 3.05) is 19.7 Å². The first-order valence-corrected chi connectivity index (χ1v) is 9.92. The molecule has 2 aromatic heterocycles. The molecule has 29 heavy (non-hydrogen) atoms. The molecule has 0 atom stereocenters. The molecular weight excluding hydrogens is 372 g/mol. The number of para-hydroxylation sites is 1. The molecule has 1 aromatic carbocycles. The van der Waals surface area contributed by atoms with Gasteiger partial charge in [0.1, 0.15) is 6.54 Å². The molecule has 8 heteroatoms. The minimum atomic E-state index is -0.294. The van der Waals surface area contributed by atoms with Crippen LogP contribution in [0.25, 0.3) is 16.6 Å². The fourth-order valence-electron chi connectivity index (χ4n) is 4.07. The minimum Gasteiger partial charge on any atom is -0.466 e. The Hall–Kier alpha value is -3.16. The number of benzene rings is 1. The lowest BCUT2D eigenvalue weighted by Gasteiger charge is -2.31. The number of carbonyl (C=O) groups excluding carboxylic acids is 2. The molecule has 0 radical (unpaired) electrons. The summed E-state index contributed by atoms with van der Waals surface area (Å²) in [6, 6.07) is 9.10. The molecule has 3 aromatic rings. The van der Waals surface area contributed by atoms with Crippen molar-refractivity contribution in [1.29, 1.82) is 0 Å². The van der Waals surface area contributed by atoms with E-state index in [1.165, 1.54) is 6.07 Å². The summed E-state index contributed by atoms with van der Waals surface area (Å²) >= 11 is 0. The summed E-state index contributed by atoms with van der Waals surface area (Å²) in [4.78, 5) is 42.8. The van der Waals surface area contributed by atoms with E-state index >= 15 is 0 Å². The fraction of sp³-hybridized carbons (Fsp3) is 0.429. The van der Waals surface area contributed by atoms with Crippen molar-refractivity contribution in [2.45, 2.75) is 33.2 Å². The van der Waals surface area contributed by atoms with E-state index < -0.39 is 0 Å². The van der Waals surface area contributed by atoms with Gasteiger partial charge in [0.2, 0.25) is 5.91 Å². The zero-order valence-corrected chi connectivity index (χ0v) is 16.6. The number of hydrogen-bond donors (Lipinski definition) is 0. The molecule has 1 aliphatic heterocycles. The summed E-state index contributed by atoms with van der Waals surface area (Å²) in [5, 5.41) is 0.835. The van der Waals surface area contributed by atoms with Crippen molar-refractivity contribution in [3.63, 3.8) is 0 Å². The van der Waals surface area contributed by atoms with Gasteiger partial charge in [0.05, 0.1) is 18.0 Å². The number of carbonyl (C=O) groups is 2. The zero-order valence-electron chi connectivity index (χ0n) is 16.6. The fourth-order valence-corrected chi connectivity index (χ4v) is 4.07. The van der Waals surface area contributed by atoms with Crippen LogP contribution in [0.15, 0.2) is 35.1 Å². The predicted molar refractivity (Wildman–Crippen MR) is 108 cm³/mol. The summed E-state index contributed by atoms with van der Waals surface area (Å²) in [6.07, 6.45) is 1.23. The quantitative estimate of drug-likeness (QED) is 0.628. The van der Waals surface area contributed by atoms with Gasteiger partial charge in [-0.2, -0.15) is 4.98 Å². The highest BCUT2D eigenvalue weighted by atomic mass is 16.5. The molecule has 1 saturated heterocycles. The van der Waals surface area contributed by atoms with Gasteiger partial charge in [-0.1, -0.05) is 12.1 Å². The number of amides is 1. The van der Waals surface area contributed by atoms with Crippen LogP contribution >= 0.6 is 0 Å². The topological polar surface area (TPSA) is 85.9 Å². The molecule has 0 unspecified atom stereocenters. The average molecular weight is 396 g/mol. The summed E-state index contributed by atoms with van der Waals surface area (Å²) in [5.41, 5.74) is 1.84. The van der Waals surface area contributed by atoms with Crippen molar-refractivity contribution in [3.05, 3.63) is 46.4 Å². The van der Waals surface area contributed by atoms with E-state index in [4.69, 9.17) is 4.74 Å². The number of aryl methyl sites for hydroxylation is 1. The number of nitrogens with zero attached hydrogens (tertiary/aromatic N) is 4. The number of fused-ring (bicyclic) bond motifs is 3. The first-order chi connectivity index (χ1) is 14.0. The molecule has 0 spiro atoms. The molecular formula is C21H24N4O4. The lowest BCUT2D eigenvalue weighted by Crippen LogP contribution is -2.42. The third-order valence-electron chi connectivity index (χ3n) is 5.50. The second-order valence-electron chi connectivity index (χ2n) is 7.35. The SMILES string of the molecule is CCOC(=O)C1CCN(C(=O)Cn2c3ccccc3c3nc(=O)cc(C)n32)CC1. The van der Waals surface area contributed by atoms with Gasteiger partial charge in [0.15, 0.2) is 5.65 Å². The molecule has 1 aliphatic rings. The third kappa shape index (κ3) is 3.50. The molecule has 8 nitrogen and oxygen atoms in total. The van der Waals surface area contributed by atoms with E-state index in [0.717, 1.165) is 16.6 Å². The lowest BCUT2D eigenvalue weighted by atomic mass is 9.97. The summed E-state index contributed by atoms with van der Waals surface area (Å²) in [7, 11) is 0. The largest absolute Gasteiger partial charge is 0.466 e. The van der Waals surface area contributed by atoms with Crippen LogP contribution in [0, 0.1) is 12.8 Å². The number of likely N-dealkylation sites (tertiary alicyclic amines) is 1. The number of rotatable bonds is 4. The van der Waals surface area contributed by atoms with Gasteiger partial charge >= 0.3 is 5.97 Å². The highest BCUT2D eigenvalue weighted by molar-refractivity contribution is 5.93. The maximum Gasteiger partial charge on any atom is 0.309 e. The Morgan fingerprint density at radius 1 is 1.21 bits per heavy atom. The molecule has 4 rings (SSSR count). The second-order valence-corrected chi connectivity index (χ2v) is 7.35. The van der Waals surface area contributed by atoms with E-state index in [2.05, 4.69) is 4.98 Å².